The van der Waals surface area contributed by atoms with Crippen LogP contribution in [0.25, 0.3) is 0 Å². The molecule has 1 fully saturated rings. The third-order valence-electron chi connectivity index (χ3n) is 3.53. The molecule has 0 spiro atoms. The van der Waals surface area contributed by atoms with Gasteiger partial charge in [-0.25, -0.2) is 4.98 Å². The average molecular weight is 287 g/mol. The number of hydrogen-bond donors (Lipinski definition) is 1. The van der Waals surface area contributed by atoms with Crippen molar-refractivity contribution in [2.45, 2.75) is 45.3 Å². The fourth-order valence-electron chi connectivity index (χ4n) is 2.08. The Balaban J connectivity index is 1.92. The molecular formula is C11H21N5O2S. The number of nitrogens with one attached hydrogen (secondary N) is 1. The second kappa shape index (κ2) is 5.56. The minimum Gasteiger partial charge on any atom is -0.251 e. The normalized spacial score (nSPS) is 19.6. The van der Waals surface area contributed by atoms with Crippen LogP contribution in [0, 0.1) is 5.92 Å². The van der Waals surface area contributed by atoms with Gasteiger partial charge in [-0.15, -0.1) is 0 Å². The molecule has 0 amide bonds. The van der Waals surface area contributed by atoms with Gasteiger partial charge in [0, 0.05) is 19.1 Å². The standard InChI is InChI=1S/C11H21N5O2S/c1-9(6-16-8-12-7-13-16)14-19(17,18)15(3)10(2)11-4-5-11/h7-11,14H,4-6H2,1-3H3. The van der Waals surface area contributed by atoms with E-state index in [9.17, 15) is 8.42 Å². The molecule has 0 saturated heterocycles. The summed E-state index contributed by atoms with van der Waals surface area (Å²) >= 11 is 0. The first-order valence-electron chi connectivity index (χ1n) is 6.48. The predicted molar refractivity (Wildman–Crippen MR) is 71.5 cm³/mol. The smallest absolute Gasteiger partial charge is 0.251 e. The van der Waals surface area contributed by atoms with Gasteiger partial charge in [0.25, 0.3) is 10.2 Å². The van der Waals surface area contributed by atoms with Crippen LogP contribution in [0.2, 0.25) is 0 Å². The van der Waals surface area contributed by atoms with Crippen molar-refractivity contribution in [2.24, 2.45) is 5.92 Å². The summed E-state index contributed by atoms with van der Waals surface area (Å²) < 4.78 is 30.1. The van der Waals surface area contributed by atoms with Gasteiger partial charge in [0.2, 0.25) is 0 Å². The SMILES string of the molecule is CC(Cn1cncn1)NS(=O)(=O)N(C)C(C)C1CC1. The van der Waals surface area contributed by atoms with Crippen LogP contribution < -0.4 is 4.72 Å². The second-order valence-corrected chi connectivity index (χ2v) is 7.00. The molecule has 1 aromatic heterocycles. The summed E-state index contributed by atoms with van der Waals surface area (Å²) in [4.78, 5) is 3.83. The molecule has 0 bridgehead atoms. The molecule has 108 valence electrons. The molecule has 19 heavy (non-hydrogen) atoms. The van der Waals surface area contributed by atoms with Crippen LogP contribution in [0.5, 0.6) is 0 Å². The highest BCUT2D eigenvalue weighted by Crippen LogP contribution is 2.35. The van der Waals surface area contributed by atoms with Crippen LogP contribution in [0.15, 0.2) is 12.7 Å². The van der Waals surface area contributed by atoms with E-state index in [0.717, 1.165) is 12.8 Å². The number of aromatic nitrogens is 3. The lowest BCUT2D eigenvalue weighted by atomic mass is 10.2. The second-order valence-electron chi connectivity index (χ2n) is 5.24. The summed E-state index contributed by atoms with van der Waals surface area (Å²) in [5, 5.41) is 3.96. The Morgan fingerprint density at radius 3 is 2.68 bits per heavy atom. The molecule has 0 aliphatic heterocycles. The zero-order valence-corrected chi connectivity index (χ0v) is 12.3. The van der Waals surface area contributed by atoms with Crippen molar-refractivity contribution in [3.05, 3.63) is 12.7 Å². The van der Waals surface area contributed by atoms with E-state index in [1.54, 1.807) is 18.1 Å². The monoisotopic (exact) mass is 287 g/mol. The Labute approximate surface area is 114 Å². The molecule has 7 nitrogen and oxygen atoms in total. The zero-order chi connectivity index (χ0) is 14.0. The maximum atomic E-state index is 12.2. The highest BCUT2D eigenvalue weighted by atomic mass is 32.2. The summed E-state index contributed by atoms with van der Waals surface area (Å²) in [6.07, 6.45) is 5.24. The van der Waals surface area contributed by atoms with Crippen molar-refractivity contribution in [1.29, 1.82) is 0 Å². The van der Waals surface area contributed by atoms with Crippen LogP contribution in [0.3, 0.4) is 0 Å². The first-order valence-corrected chi connectivity index (χ1v) is 7.92. The van der Waals surface area contributed by atoms with Crippen LogP contribution >= 0.6 is 0 Å². The van der Waals surface area contributed by atoms with Gasteiger partial charge in [-0.1, -0.05) is 0 Å². The van der Waals surface area contributed by atoms with Crippen molar-refractivity contribution >= 4 is 10.2 Å². The first-order chi connectivity index (χ1) is 8.90. The highest BCUT2D eigenvalue weighted by molar-refractivity contribution is 7.87. The summed E-state index contributed by atoms with van der Waals surface area (Å²) in [5.74, 6) is 0.507. The molecule has 2 unspecified atom stereocenters. The molecule has 1 aliphatic carbocycles. The summed E-state index contributed by atoms with van der Waals surface area (Å²) in [6.45, 7) is 4.23. The predicted octanol–water partition coefficient (Wildman–Crippen LogP) is 0.231. The van der Waals surface area contributed by atoms with Gasteiger partial charge in [0.15, 0.2) is 0 Å². The van der Waals surface area contributed by atoms with Gasteiger partial charge in [-0.3, -0.25) is 4.68 Å². The van der Waals surface area contributed by atoms with Crippen LogP contribution in [-0.4, -0.2) is 46.6 Å². The lowest BCUT2D eigenvalue weighted by molar-refractivity contribution is 0.345. The largest absolute Gasteiger partial charge is 0.279 e. The van der Waals surface area contributed by atoms with Gasteiger partial charge < -0.3 is 0 Å². The van der Waals surface area contributed by atoms with Gasteiger partial charge in [-0.2, -0.15) is 22.5 Å². The zero-order valence-electron chi connectivity index (χ0n) is 11.5. The third kappa shape index (κ3) is 3.74. The molecule has 1 N–H and O–H groups in total. The Morgan fingerprint density at radius 2 is 2.16 bits per heavy atom. The highest BCUT2D eigenvalue weighted by Gasteiger charge is 2.35. The van der Waals surface area contributed by atoms with Gasteiger partial charge >= 0.3 is 0 Å². The average Bonchev–Trinajstić information content (AvgIpc) is 3.06. The Morgan fingerprint density at radius 1 is 1.47 bits per heavy atom. The van der Waals surface area contributed by atoms with Gasteiger partial charge in [0.1, 0.15) is 12.7 Å². The molecule has 1 heterocycles. The third-order valence-corrected chi connectivity index (χ3v) is 5.33. The lowest BCUT2D eigenvalue weighted by Gasteiger charge is -2.26. The molecule has 0 aromatic carbocycles. The van der Waals surface area contributed by atoms with Crippen LogP contribution in [0.1, 0.15) is 26.7 Å². The minimum absolute atomic E-state index is 0.0519. The molecule has 2 atom stereocenters. The van der Waals surface area contributed by atoms with E-state index in [2.05, 4.69) is 14.8 Å². The summed E-state index contributed by atoms with van der Waals surface area (Å²) in [7, 11) is -1.81. The van der Waals surface area contributed by atoms with Crippen molar-refractivity contribution in [2.75, 3.05) is 7.05 Å². The number of nitrogens with zero attached hydrogens (tertiary/aromatic N) is 4. The number of hydrogen-bond acceptors (Lipinski definition) is 4. The van der Waals surface area contributed by atoms with E-state index in [1.807, 2.05) is 13.8 Å². The molecule has 1 saturated carbocycles. The summed E-state index contributed by atoms with van der Waals surface area (Å²) in [6, 6.07) is -0.184. The van der Waals surface area contributed by atoms with Crippen molar-refractivity contribution in [1.82, 2.24) is 23.8 Å². The summed E-state index contributed by atoms with van der Waals surface area (Å²) in [5.41, 5.74) is 0. The van der Waals surface area contributed by atoms with Crippen molar-refractivity contribution in [3.8, 4) is 0 Å². The van der Waals surface area contributed by atoms with Crippen LogP contribution in [0.4, 0.5) is 0 Å². The van der Waals surface area contributed by atoms with Crippen molar-refractivity contribution in [3.63, 3.8) is 0 Å². The maximum absolute atomic E-state index is 12.2. The number of rotatable bonds is 7. The Hall–Kier alpha value is -0.990. The van der Waals surface area contributed by atoms with E-state index in [1.165, 1.54) is 10.6 Å². The van der Waals surface area contributed by atoms with Gasteiger partial charge in [0.05, 0.1) is 6.54 Å². The first kappa shape index (κ1) is 14.4. The maximum Gasteiger partial charge on any atom is 0.279 e. The van der Waals surface area contributed by atoms with E-state index < -0.39 is 10.2 Å². The molecule has 1 aliphatic rings. The quantitative estimate of drug-likeness (QED) is 0.778. The fourth-order valence-corrected chi connectivity index (χ4v) is 3.44. The molecule has 0 radical (unpaired) electrons. The molecule has 1 aromatic rings. The lowest BCUT2D eigenvalue weighted by Crippen LogP contribution is -2.47. The van der Waals surface area contributed by atoms with Crippen molar-refractivity contribution < 1.29 is 8.42 Å². The molecule has 2 rings (SSSR count). The van der Waals surface area contributed by atoms with E-state index in [0.29, 0.717) is 12.5 Å². The Kier molecular flexibility index (Phi) is 4.22. The van der Waals surface area contributed by atoms with Gasteiger partial charge in [-0.05, 0) is 32.6 Å². The van der Waals surface area contributed by atoms with E-state index in [-0.39, 0.29) is 12.1 Å². The van der Waals surface area contributed by atoms with Crippen LogP contribution in [-0.2, 0) is 16.8 Å². The van der Waals surface area contributed by atoms with E-state index in [4.69, 9.17) is 0 Å². The molecule has 8 heteroatoms. The topological polar surface area (TPSA) is 80.1 Å². The fraction of sp³-hybridized carbons (Fsp3) is 0.818. The molecular weight excluding hydrogens is 266 g/mol. The van der Waals surface area contributed by atoms with E-state index >= 15 is 0 Å². The Bertz CT molecular complexity index is 497. The minimum atomic E-state index is -3.45.